The van der Waals surface area contributed by atoms with Crippen LogP contribution in [0.4, 0.5) is 5.95 Å². The molecule has 2 N–H and O–H groups in total. The SMILES string of the molecule is CC(C)(CNc1nc2ccccc2[nH]1)c1cccnc1. The molecule has 0 fully saturated rings. The summed E-state index contributed by atoms with van der Waals surface area (Å²) in [6, 6.07) is 12.1. The molecular formula is C16H18N4. The molecule has 0 amide bonds. The topological polar surface area (TPSA) is 53.6 Å². The van der Waals surface area contributed by atoms with E-state index in [-0.39, 0.29) is 5.41 Å². The number of nitrogens with zero attached hydrogens (tertiary/aromatic N) is 2. The molecule has 1 aromatic carbocycles. The predicted molar refractivity (Wildman–Crippen MR) is 81.8 cm³/mol. The van der Waals surface area contributed by atoms with Gasteiger partial charge in [0.15, 0.2) is 0 Å². The number of rotatable bonds is 4. The van der Waals surface area contributed by atoms with Gasteiger partial charge in [-0.3, -0.25) is 4.98 Å². The minimum Gasteiger partial charge on any atom is -0.355 e. The number of para-hydroxylation sites is 2. The Morgan fingerprint density at radius 2 is 2.00 bits per heavy atom. The minimum absolute atomic E-state index is 0.00671. The summed E-state index contributed by atoms with van der Waals surface area (Å²) in [7, 11) is 0. The molecule has 0 atom stereocenters. The number of pyridine rings is 1. The van der Waals surface area contributed by atoms with Crippen LogP contribution < -0.4 is 5.32 Å². The average Bonchev–Trinajstić information content (AvgIpc) is 2.89. The third-order valence-electron chi connectivity index (χ3n) is 3.53. The lowest BCUT2D eigenvalue weighted by Crippen LogP contribution is -2.28. The van der Waals surface area contributed by atoms with Crippen LogP contribution in [-0.4, -0.2) is 21.5 Å². The van der Waals surface area contributed by atoms with Crippen molar-refractivity contribution in [2.45, 2.75) is 19.3 Å². The lowest BCUT2D eigenvalue weighted by molar-refractivity contribution is 0.553. The van der Waals surface area contributed by atoms with E-state index in [1.807, 2.05) is 36.5 Å². The highest BCUT2D eigenvalue weighted by Crippen LogP contribution is 2.23. The average molecular weight is 266 g/mol. The largest absolute Gasteiger partial charge is 0.355 e. The molecule has 4 heteroatoms. The monoisotopic (exact) mass is 266 g/mol. The van der Waals surface area contributed by atoms with Gasteiger partial charge in [0, 0.05) is 24.4 Å². The van der Waals surface area contributed by atoms with Gasteiger partial charge in [0.05, 0.1) is 11.0 Å². The van der Waals surface area contributed by atoms with Crippen LogP contribution in [0.1, 0.15) is 19.4 Å². The van der Waals surface area contributed by atoms with E-state index >= 15 is 0 Å². The summed E-state index contributed by atoms with van der Waals surface area (Å²) in [5.74, 6) is 0.808. The molecule has 0 aliphatic carbocycles. The van der Waals surface area contributed by atoms with E-state index in [0.717, 1.165) is 23.5 Å². The highest BCUT2D eigenvalue weighted by atomic mass is 15.1. The molecule has 0 spiro atoms. The summed E-state index contributed by atoms with van der Waals surface area (Å²) in [4.78, 5) is 12.0. The highest BCUT2D eigenvalue weighted by Gasteiger charge is 2.20. The van der Waals surface area contributed by atoms with Gasteiger partial charge < -0.3 is 10.3 Å². The van der Waals surface area contributed by atoms with Crippen LogP contribution in [0.15, 0.2) is 48.8 Å². The maximum absolute atomic E-state index is 4.53. The first-order chi connectivity index (χ1) is 9.65. The van der Waals surface area contributed by atoms with Crippen molar-refractivity contribution in [2.24, 2.45) is 0 Å². The number of hydrogen-bond acceptors (Lipinski definition) is 3. The van der Waals surface area contributed by atoms with Crippen LogP contribution >= 0.6 is 0 Å². The lowest BCUT2D eigenvalue weighted by atomic mass is 9.86. The summed E-state index contributed by atoms with van der Waals surface area (Å²) in [6.45, 7) is 5.18. The van der Waals surface area contributed by atoms with Gasteiger partial charge in [-0.25, -0.2) is 4.98 Å². The molecule has 3 aromatic rings. The van der Waals surface area contributed by atoms with E-state index in [1.54, 1.807) is 6.20 Å². The van der Waals surface area contributed by atoms with E-state index in [4.69, 9.17) is 0 Å². The molecule has 102 valence electrons. The number of H-pyrrole nitrogens is 1. The molecule has 0 saturated carbocycles. The molecule has 0 aliphatic heterocycles. The van der Waals surface area contributed by atoms with Crippen molar-refractivity contribution in [2.75, 3.05) is 11.9 Å². The van der Waals surface area contributed by atoms with Crippen molar-refractivity contribution in [3.8, 4) is 0 Å². The Kier molecular flexibility index (Phi) is 3.14. The molecule has 0 aliphatic rings. The number of benzene rings is 1. The molecule has 0 unspecified atom stereocenters. The second-order valence-electron chi connectivity index (χ2n) is 5.58. The third kappa shape index (κ3) is 2.50. The van der Waals surface area contributed by atoms with Crippen LogP contribution in [0, 0.1) is 0 Å². The maximum Gasteiger partial charge on any atom is 0.201 e. The lowest BCUT2D eigenvalue weighted by Gasteiger charge is -2.24. The molecule has 0 radical (unpaired) electrons. The van der Waals surface area contributed by atoms with Crippen LogP contribution in [0.3, 0.4) is 0 Å². The van der Waals surface area contributed by atoms with Gasteiger partial charge in [0.1, 0.15) is 0 Å². The zero-order valence-electron chi connectivity index (χ0n) is 11.7. The summed E-state index contributed by atoms with van der Waals surface area (Å²) in [5.41, 5.74) is 3.24. The van der Waals surface area contributed by atoms with Gasteiger partial charge in [0.2, 0.25) is 5.95 Å². The van der Waals surface area contributed by atoms with Crippen LogP contribution in [0.2, 0.25) is 0 Å². The summed E-state index contributed by atoms with van der Waals surface area (Å²) in [5, 5.41) is 3.38. The number of imidazole rings is 1. The zero-order valence-corrected chi connectivity index (χ0v) is 11.7. The zero-order chi connectivity index (χ0) is 14.0. The number of nitrogens with one attached hydrogen (secondary N) is 2. The van der Waals surface area contributed by atoms with Gasteiger partial charge in [-0.1, -0.05) is 32.0 Å². The highest BCUT2D eigenvalue weighted by molar-refractivity contribution is 5.77. The number of aromatic amines is 1. The Morgan fingerprint density at radius 3 is 2.75 bits per heavy atom. The fourth-order valence-corrected chi connectivity index (χ4v) is 2.21. The Hall–Kier alpha value is -2.36. The molecule has 0 saturated heterocycles. The van der Waals surface area contributed by atoms with E-state index in [2.05, 4.69) is 40.2 Å². The first kappa shape index (κ1) is 12.7. The standard InChI is InChI=1S/C16H18N4/c1-16(2,12-6-5-9-17-10-12)11-18-15-19-13-7-3-4-8-14(13)20-15/h3-10H,11H2,1-2H3,(H2,18,19,20). The smallest absolute Gasteiger partial charge is 0.201 e. The van der Waals surface area contributed by atoms with Crippen molar-refractivity contribution in [1.29, 1.82) is 0 Å². The fraction of sp³-hybridized carbons (Fsp3) is 0.250. The Labute approximate surface area is 118 Å². The molecule has 20 heavy (non-hydrogen) atoms. The molecule has 2 heterocycles. The van der Waals surface area contributed by atoms with Crippen molar-refractivity contribution in [3.63, 3.8) is 0 Å². The van der Waals surface area contributed by atoms with E-state index < -0.39 is 0 Å². The molecular weight excluding hydrogens is 248 g/mol. The van der Waals surface area contributed by atoms with Crippen molar-refractivity contribution in [3.05, 3.63) is 54.4 Å². The molecule has 3 rings (SSSR count). The normalized spacial score (nSPS) is 11.7. The first-order valence-electron chi connectivity index (χ1n) is 6.74. The van der Waals surface area contributed by atoms with Crippen LogP contribution in [0.5, 0.6) is 0 Å². The van der Waals surface area contributed by atoms with Crippen molar-refractivity contribution in [1.82, 2.24) is 15.0 Å². The van der Waals surface area contributed by atoms with Crippen molar-refractivity contribution >= 4 is 17.0 Å². The second-order valence-corrected chi connectivity index (χ2v) is 5.58. The van der Waals surface area contributed by atoms with E-state index in [0.29, 0.717) is 0 Å². The molecule has 0 bridgehead atoms. The number of anilines is 1. The molecule has 4 nitrogen and oxygen atoms in total. The van der Waals surface area contributed by atoms with E-state index in [9.17, 15) is 0 Å². The molecule has 2 aromatic heterocycles. The maximum atomic E-state index is 4.53. The predicted octanol–water partition coefficient (Wildman–Crippen LogP) is 3.35. The summed E-state index contributed by atoms with van der Waals surface area (Å²) >= 11 is 0. The minimum atomic E-state index is -0.00671. The van der Waals surface area contributed by atoms with E-state index in [1.165, 1.54) is 5.56 Å². The number of fused-ring (bicyclic) bond motifs is 1. The van der Waals surface area contributed by atoms with Crippen molar-refractivity contribution < 1.29 is 0 Å². The van der Waals surface area contributed by atoms with Gasteiger partial charge in [0.25, 0.3) is 0 Å². The fourth-order valence-electron chi connectivity index (χ4n) is 2.21. The Bertz CT molecular complexity index is 668. The summed E-state index contributed by atoms with van der Waals surface area (Å²) < 4.78 is 0. The Morgan fingerprint density at radius 1 is 1.15 bits per heavy atom. The summed E-state index contributed by atoms with van der Waals surface area (Å²) in [6.07, 6.45) is 3.71. The number of aromatic nitrogens is 3. The van der Waals surface area contributed by atoms with Crippen LogP contribution in [-0.2, 0) is 5.41 Å². The van der Waals surface area contributed by atoms with Crippen LogP contribution in [0.25, 0.3) is 11.0 Å². The number of hydrogen-bond donors (Lipinski definition) is 2. The quantitative estimate of drug-likeness (QED) is 0.761. The first-order valence-corrected chi connectivity index (χ1v) is 6.74. The van der Waals surface area contributed by atoms with Gasteiger partial charge >= 0.3 is 0 Å². The van der Waals surface area contributed by atoms with Gasteiger partial charge in [-0.05, 0) is 23.8 Å². The second kappa shape index (κ2) is 4.96. The van der Waals surface area contributed by atoms with Gasteiger partial charge in [-0.2, -0.15) is 0 Å². The van der Waals surface area contributed by atoms with Gasteiger partial charge in [-0.15, -0.1) is 0 Å². The Balaban J connectivity index is 1.75. The third-order valence-corrected chi connectivity index (χ3v) is 3.53.